The molecule has 0 amide bonds. The van der Waals surface area contributed by atoms with Gasteiger partial charge in [-0.1, -0.05) is 6.58 Å². The molecule has 1 saturated carbocycles. The van der Waals surface area contributed by atoms with Crippen molar-refractivity contribution in [2.75, 3.05) is 0 Å². The van der Waals surface area contributed by atoms with E-state index in [1.807, 2.05) is 0 Å². The summed E-state index contributed by atoms with van der Waals surface area (Å²) in [6.07, 6.45) is 2.81. The number of halogens is 1. The maximum Gasteiger partial charge on any atom is 0.102 e. The SMILES string of the molecule is C=C1CC2CC(F)CCC2O1. The number of ether oxygens (including phenoxy) is 1. The zero-order valence-electron chi connectivity index (χ0n) is 6.55. The smallest absolute Gasteiger partial charge is 0.102 e. The maximum atomic E-state index is 12.9. The highest BCUT2D eigenvalue weighted by Gasteiger charge is 2.37. The largest absolute Gasteiger partial charge is 0.495 e. The first kappa shape index (κ1) is 7.14. The van der Waals surface area contributed by atoms with Gasteiger partial charge in [0, 0.05) is 12.3 Å². The second kappa shape index (κ2) is 2.50. The van der Waals surface area contributed by atoms with Crippen LogP contribution in [0.3, 0.4) is 0 Å². The molecule has 0 radical (unpaired) electrons. The third-order valence-electron chi connectivity index (χ3n) is 2.66. The molecule has 3 unspecified atom stereocenters. The van der Waals surface area contributed by atoms with Gasteiger partial charge in [0.25, 0.3) is 0 Å². The Morgan fingerprint density at radius 2 is 2.27 bits per heavy atom. The van der Waals surface area contributed by atoms with Crippen molar-refractivity contribution in [3.8, 4) is 0 Å². The summed E-state index contributed by atoms with van der Waals surface area (Å²) >= 11 is 0. The fourth-order valence-electron chi connectivity index (χ4n) is 2.10. The quantitative estimate of drug-likeness (QED) is 0.523. The lowest BCUT2D eigenvalue weighted by Crippen LogP contribution is -2.26. The van der Waals surface area contributed by atoms with Crippen LogP contribution in [0, 0.1) is 5.92 Å². The van der Waals surface area contributed by atoms with E-state index >= 15 is 0 Å². The highest BCUT2D eigenvalue weighted by molar-refractivity contribution is 4.99. The van der Waals surface area contributed by atoms with Crippen LogP contribution in [-0.2, 0) is 4.74 Å². The van der Waals surface area contributed by atoms with Gasteiger partial charge >= 0.3 is 0 Å². The Morgan fingerprint density at radius 3 is 3.09 bits per heavy atom. The highest BCUT2D eigenvalue weighted by Crippen LogP contribution is 2.39. The van der Waals surface area contributed by atoms with Crippen molar-refractivity contribution in [1.29, 1.82) is 0 Å². The topological polar surface area (TPSA) is 9.23 Å². The predicted molar refractivity (Wildman–Crippen MR) is 40.9 cm³/mol. The minimum absolute atomic E-state index is 0.287. The Hall–Kier alpha value is -0.530. The molecular weight excluding hydrogens is 143 g/mol. The number of fused-ring (bicyclic) bond motifs is 1. The zero-order valence-corrected chi connectivity index (χ0v) is 6.55. The van der Waals surface area contributed by atoms with Gasteiger partial charge in [-0.25, -0.2) is 4.39 Å². The number of alkyl halides is 1. The fraction of sp³-hybridized carbons (Fsp3) is 0.778. The third-order valence-corrected chi connectivity index (χ3v) is 2.66. The van der Waals surface area contributed by atoms with E-state index in [9.17, 15) is 4.39 Å². The fourth-order valence-corrected chi connectivity index (χ4v) is 2.10. The molecule has 2 aliphatic rings. The van der Waals surface area contributed by atoms with Gasteiger partial charge in [-0.15, -0.1) is 0 Å². The van der Waals surface area contributed by atoms with Crippen LogP contribution in [0.25, 0.3) is 0 Å². The van der Waals surface area contributed by atoms with Crippen LogP contribution in [0.4, 0.5) is 4.39 Å². The van der Waals surface area contributed by atoms with Gasteiger partial charge in [-0.2, -0.15) is 0 Å². The lowest BCUT2D eigenvalue weighted by molar-refractivity contribution is 0.0662. The molecule has 1 aliphatic carbocycles. The molecule has 0 N–H and O–H groups in total. The molecule has 2 fully saturated rings. The van der Waals surface area contributed by atoms with E-state index in [4.69, 9.17) is 4.74 Å². The predicted octanol–water partition coefficient (Wildman–Crippen LogP) is 2.43. The van der Waals surface area contributed by atoms with Crippen LogP contribution in [0.2, 0.25) is 0 Å². The molecule has 0 aromatic heterocycles. The summed E-state index contributed by atoms with van der Waals surface area (Å²) in [7, 11) is 0. The Balaban J connectivity index is 2.02. The van der Waals surface area contributed by atoms with Gasteiger partial charge in [-0.3, -0.25) is 0 Å². The minimum atomic E-state index is -0.592. The summed E-state index contributed by atoms with van der Waals surface area (Å²) in [5.74, 6) is 1.28. The molecule has 2 heteroatoms. The Bertz CT molecular complexity index is 178. The van der Waals surface area contributed by atoms with Crippen LogP contribution in [0.5, 0.6) is 0 Å². The van der Waals surface area contributed by atoms with Gasteiger partial charge in [0.2, 0.25) is 0 Å². The molecule has 11 heavy (non-hydrogen) atoms. The molecule has 0 bridgehead atoms. The molecule has 2 rings (SSSR count). The second-order valence-electron chi connectivity index (χ2n) is 3.57. The lowest BCUT2D eigenvalue weighted by atomic mass is 9.85. The van der Waals surface area contributed by atoms with Gasteiger partial charge in [-0.05, 0) is 19.3 Å². The lowest BCUT2D eigenvalue weighted by Gasteiger charge is -2.25. The number of rotatable bonds is 0. The van der Waals surface area contributed by atoms with Crippen molar-refractivity contribution in [2.45, 2.75) is 38.0 Å². The van der Waals surface area contributed by atoms with E-state index in [0.717, 1.165) is 18.6 Å². The molecule has 0 spiro atoms. The first-order chi connectivity index (χ1) is 5.25. The summed E-state index contributed by atoms with van der Waals surface area (Å²) in [5, 5.41) is 0. The summed E-state index contributed by atoms with van der Waals surface area (Å²) in [6, 6.07) is 0. The third kappa shape index (κ3) is 1.26. The van der Waals surface area contributed by atoms with Crippen molar-refractivity contribution < 1.29 is 9.13 Å². The van der Waals surface area contributed by atoms with E-state index in [-0.39, 0.29) is 6.10 Å². The molecule has 1 aliphatic heterocycles. The highest BCUT2D eigenvalue weighted by atomic mass is 19.1. The van der Waals surface area contributed by atoms with Gasteiger partial charge in [0.05, 0.1) is 5.76 Å². The summed E-state index contributed by atoms with van der Waals surface area (Å²) < 4.78 is 18.3. The minimum Gasteiger partial charge on any atom is -0.495 e. The van der Waals surface area contributed by atoms with E-state index in [1.165, 1.54) is 0 Å². The Morgan fingerprint density at radius 1 is 1.45 bits per heavy atom. The molecule has 1 heterocycles. The van der Waals surface area contributed by atoms with Crippen molar-refractivity contribution in [2.24, 2.45) is 5.92 Å². The van der Waals surface area contributed by atoms with Crippen molar-refractivity contribution in [3.05, 3.63) is 12.3 Å². The number of hydrogen-bond donors (Lipinski definition) is 0. The molecule has 1 saturated heterocycles. The second-order valence-corrected chi connectivity index (χ2v) is 3.57. The number of hydrogen-bond acceptors (Lipinski definition) is 1. The van der Waals surface area contributed by atoms with Crippen LogP contribution in [0.1, 0.15) is 25.7 Å². The van der Waals surface area contributed by atoms with Gasteiger partial charge in [0.15, 0.2) is 0 Å². The normalized spacial score (nSPS) is 43.4. The summed E-state index contributed by atoms with van der Waals surface area (Å²) in [5.41, 5.74) is 0. The van der Waals surface area contributed by atoms with Gasteiger partial charge < -0.3 is 4.74 Å². The van der Waals surface area contributed by atoms with Crippen molar-refractivity contribution in [3.63, 3.8) is 0 Å². The monoisotopic (exact) mass is 156 g/mol. The van der Waals surface area contributed by atoms with E-state index in [1.54, 1.807) is 0 Å². The first-order valence-electron chi connectivity index (χ1n) is 4.24. The molecular formula is C9H13FO. The van der Waals surface area contributed by atoms with Gasteiger partial charge in [0.1, 0.15) is 12.3 Å². The standard InChI is InChI=1S/C9H13FO/c1-6-4-7-5-8(10)2-3-9(7)11-6/h7-9H,1-5H2. The van der Waals surface area contributed by atoms with Crippen LogP contribution in [0.15, 0.2) is 12.3 Å². The molecule has 3 atom stereocenters. The average Bonchev–Trinajstić information content (AvgIpc) is 2.27. The van der Waals surface area contributed by atoms with E-state index in [0.29, 0.717) is 18.8 Å². The summed E-state index contributed by atoms with van der Waals surface area (Å²) in [4.78, 5) is 0. The van der Waals surface area contributed by atoms with E-state index < -0.39 is 6.17 Å². The van der Waals surface area contributed by atoms with Crippen LogP contribution in [-0.4, -0.2) is 12.3 Å². The zero-order chi connectivity index (χ0) is 7.84. The van der Waals surface area contributed by atoms with Crippen molar-refractivity contribution in [1.82, 2.24) is 0 Å². The Labute approximate surface area is 66.2 Å². The average molecular weight is 156 g/mol. The van der Waals surface area contributed by atoms with Crippen molar-refractivity contribution >= 4 is 0 Å². The maximum absolute atomic E-state index is 12.9. The van der Waals surface area contributed by atoms with E-state index in [2.05, 4.69) is 6.58 Å². The molecule has 1 nitrogen and oxygen atoms in total. The van der Waals surface area contributed by atoms with Crippen LogP contribution >= 0.6 is 0 Å². The Kier molecular flexibility index (Phi) is 1.63. The summed E-state index contributed by atoms with van der Waals surface area (Å²) in [6.45, 7) is 3.76. The molecule has 62 valence electrons. The molecule has 0 aromatic rings. The molecule has 0 aromatic carbocycles. The first-order valence-corrected chi connectivity index (χ1v) is 4.24. The van der Waals surface area contributed by atoms with Crippen LogP contribution < -0.4 is 0 Å². The number of allylic oxidation sites excluding steroid dienone is 1.